The summed E-state index contributed by atoms with van der Waals surface area (Å²) in [6.45, 7) is 0. The predicted molar refractivity (Wildman–Crippen MR) is 62.4 cm³/mol. The molecule has 1 aromatic carbocycles. The first-order chi connectivity index (χ1) is 6.40. The Balaban J connectivity index is 2.12. The van der Waals surface area contributed by atoms with Crippen molar-refractivity contribution in [3.05, 3.63) is 41.3 Å². The van der Waals surface area contributed by atoms with Gasteiger partial charge in [-0.2, -0.15) is 0 Å². The third-order valence-electron chi connectivity index (χ3n) is 1.88. The lowest BCUT2D eigenvalue weighted by Gasteiger charge is -2.09. The van der Waals surface area contributed by atoms with Crippen LogP contribution < -0.4 is 5.32 Å². The van der Waals surface area contributed by atoms with E-state index in [1.807, 2.05) is 29.6 Å². The molecule has 0 amide bonds. The number of hydrogen-bond acceptors (Lipinski definition) is 3. The second kappa shape index (κ2) is 4.11. The number of benzene rings is 1. The summed E-state index contributed by atoms with van der Waals surface area (Å²) < 4.78 is 0.482. The molecule has 0 fully saturated rings. The Kier molecular flexibility index (Phi) is 2.86. The van der Waals surface area contributed by atoms with Gasteiger partial charge < -0.3 is 5.32 Å². The molecule has 1 unspecified atom stereocenters. The summed E-state index contributed by atoms with van der Waals surface area (Å²) >= 11 is 3.67. The quantitative estimate of drug-likeness (QED) is 0.804. The maximum atomic E-state index is 3.44. The Morgan fingerprint density at radius 1 is 1.31 bits per heavy atom. The molecule has 0 saturated carbocycles. The van der Waals surface area contributed by atoms with E-state index in [9.17, 15) is 0 Å². The fourth-order valence-electron chi connectivity index (χ4n) is 1.21. The van der Waals surface area contributed by atoms with Gasteiger partial charge >= 0.3 is 0 Å². The van der Waals surface area contributed by atoms with Gasteiger partial charge in [-0.25, -0.2) is 0 Å². The van der Waals surface area contributed by atoms with Crippen molar-refractivity contribution in [1.82, 2.24) is 5.32 Å². The van der Waals surface area contributed by atoms with Crippen LogP contribution in [0.25, 0.3) is 5.70 Å². The lowest BCUT2D eigenvalue weighted by molar-refractivity contribution is 1.05. The minimum absolute atomic E-state index is 0.482. The summed E-state index contributed by atoms with van der Waals surface area (Å²) in [6, 6.07) is 10.4. The maximum Gasteiger partial charge on any atom is 0.123 e. The zero-order chi connectivity index (χ0) is 9.10. The van der Waals surface area contributed by atoms with Crippen LogP contribution in [0.1, 0.15) is 5.56 Å². The van der Waals surface area contributed by atoms with Crippen LogP contribution in [0.15, 0.2) is 35.7 Å². The van der Waals surface area contributed by atoms with Gasteiger partial charge in [0.15, 0.2) is 0 Å². The third-order valence-corrected chi connectivity index (χ3v) is 4.08. The molecule has 13 heavy (non-hydrogen) atoms. The van der Waals surface area contributed by atoms with Crippen molar-refractivity contribution in [2.45, 2.75) is 4.71 Å². The van der Waals surface area contributed by atoms with E-state index in [1.54, 1.807) is 0 Å². The lowest BCUT2D eigenvalue weighted by atomic mass is 10.2. The Labute approximate surface area is 87.0 Å². The average Bonchev–Trinajstić information content (AvgIpc) is 2.67. The fraction of sp³-hybridized carbons (Fsp3) is 0.200. The van der Waals surface area contributed by atoms with E-state index in [0.717, 1.165) is 0 Å². The first-order valence-electron chi connectivity index (χ1n) is 4.10. The Bertz CT molecular complexity index is 308. The van der Waals surface area contributed by atoms with Crippen molar-refractivity contribution in [3.8, 4) is 0 Å². The molecular weight excluding hydrogens is 198 g/mol. The lowest BCUT2D eigenvalue weighted by Crippen LogP contribution is -2.15. The Morgan fingerprint density at radius 3 is 2.69 bits per heavy atom. The van der Waals surface area contributed by atoms with Gasteiger partial charge in [-0.05, 0) is 17.2 Å². The first-order valence-corrected chi connectivity index (χ1v) is 6.33. The number of thioether (sulfide) groups is 2. The van der Waals surface area contributed by atoms with Crippen LogP contribution in [0.4, 0.5) is 0 Å². The van der Waals surface area contributed by atoms with Crippen LogP contribution in [0, 0.1) is 0 Å². The zero-order valence-electron chi connectivity index (χ0n) is 7.36. The van der Waals surface area contributed by atoms with E-state index >= 15 is 0 Å². The van der Waals surface area contributed by atoms with Crippen molar-refractivity contribution in [2.24, 2.45) is 0 Å². The highest BCUT2D eigenvalue weighted by molar-refractivity contribution is 8.18. The highest BCUT2D eigenvalue weighted by atomic mass is 32.2. The van der Waals surface area contributed by atoms with Gasteiger partial charge in [0.25, 0.3) is 0 Å². The second-order valence-corrected chi connectivity index (χ2v) is 4.97. The van der Waals surface area contributed by atoms with E-state index in [2.05, 4.69) is 41.2 Å². The minimum Gasteiger partial charge on any atom is -0.364 e. The van der Waals surface area contributed by atoms with E-state index in [0.29, 0.717) is 4.71 Å². The molecule has 1 atom stereocenters. The molecule has 0 aliphatic carbocycles. The van der Waals surface area contributed by atoms with E-state index in [-0.39, 0.29) is 0 Å². The van der Waals surface area contributed by atoms with Crippen molar-refractivity contribution in [3.63, 3.8) is 0 Å². The SMILES string of the molecule is CSC1NC(c2ccccc2)=CS1. The van der Waals surface area contributed by atoms with Gasteiger partial charge in [-0.3, -0.25) is 0 Å². The maximum absolute atomic E-state index is 3.44. The highest BCUT2D eigenvalue weighted by Crippen LogP contribution is 2.31. The normalized spacial score (nSPS) is 21.0. The molecule has 1 aromatic rings. The van der Waals surface area contributed by atoms with Crippen molar-refractivity contribution in [2.75, 3.05) is 6.26 Å². The molecule has 2 rings (SSSR count). The molecule has 0 spiro atoms. The molecule has 3 heteroatoms. The van der Waals surface area contributed by atoms with Gasteiger partial charge in [0.2, 0.25) is 0 Å². The van der Waals surface area contributed by atoms with E-state index in [1.165, 1.54) is 11.3 Å². The van der Waals surface area contributed by atoms with Crippen LogP contribution in [0.3, 0.4) is 0 Å². The molecule has 0 aromatic heterocycles. The van der Waals surface area contributed by atoms with Gasteiger partial charge in [-0.15, -0.1) is 11.8 Å². The van der Waals surface area contributed by atoms with Crippen LogP contribution in [0.5, 0.6) is 0 Å². The topological polar surface area (TPSA) is 12.0 Å². The van der Waals surface area contributed by atoms with E-state index in [4.69, 9.17) is 0 Å². The zero-order valence-corrected chi connectivity index (χ0v) is 8.99. The minimum atomic E-state index is 0.482. The van der Waals surface area contributed by atoms with Crippen molar-refractivity contribution >= 4 is 29.2 Å². The molecule has 1 nitrogen and oxygen atoms in total. The van der Waals surface area contributed by atoms with Gasteiger partial charge in [0.05, 0.1) is 0 Å². The summed E-state index contributed by atoms with van der Waals surface area (Å²) in [5.41, 5.74) is 2.51. The number of hydrogen-bond donors (Lipinski definition) is 1. The summed E-state index contributed by atoms with van der Waals surface area (Å²) in [6.07, 6.45) is 2.12. The highest BCUT2D eigenvalue weighted by Gasteiger charge is 2.15. The van der Waals surface area contributed by atoms with Crippen molar-refractivity contribution in [1.29, 1.82) is 0 Å². The monoisotopic (exact) mass is 209 g/mol. The number of nitrogens with one attached hydrogen (secondary N) is 1. The first kappa shape index (κ1) is 9.03. The fourth-order valence-corrected chi connectivity index (χ4v) is 2.72. The molecule has 0 radical (unpaired) electrons. The van der Waals surface area contributed by atoms with Crippen LogP contribution in [0.2, 0.25) is 0 Å². The molecule has 0 saturated heterocycles. The second-order valence-electron chi connectivity index (χ2n) is 2.75. The molecule has 68 valence electrons. The summed E-state index contributed by atoms with van der Waals surface area (Å²) in [7, 11) is 0. The van der Waals surface area contributed by atoms with Crippen molar-refractivity contribution < 1.29 is 0 Å². The Morgan fingerprint density at radius 2 is 2.08 bits per heavy atom. The summed E-state index contributed by atoms with van der Waals surface area (Å²) in [5.74, 6) is 0. The van der Waals surface area contributed by atoms with Gasteiger partial charge in [0, 0.05) is 5.70 Å². The smallest absolute Gasteiger partial charge is 0.123 e. The average molecular weight is 209 g/mol. The largest absolute Gasteiger partial charge is 0.364 e. The molecule has 1 heterocycles. The molecule has 0 bridgehead atoms. The van der Waals surface area contributed by atoms with Gasteiger partial charge in [0.1, 0.15) is 4.71 Å². The van der Waals surface area contributed by atoms with Crippen LogP contribution in [-0.2, 0) is 0 Å². The predicted octanol–water partition coefficient (Wildman–Crippen LogP) is 2.97. The summed E-state index contributed by atoms with van der Waals surface area (Å²) in [5, 5.41) is 5.63. The van der Waals surface area contributed by atoms with Gasteiger partial charge in [-0.1, -0.05) is 42.1 Å². The Hall–Kier alpha value is -0.540. The van der Waals surface area contributed by atoms with E-state index < -0.39 is 0 Å². The van der Waals surface area contributed by atoms with Crippen LogP contribution >= 0.6 is 23.5 Å². The molecule has 1 aliphatic heterocycles. The third kappa shape index (κ3) is 2.03. The molecule has 1 aliphatic rings. The molecular formula is C10H11NS2. The number of rotatable bonds is 2. The molecule has 1 N–H and O–H groups in total. The van der Waals surface area contributed by atoms with Crippen LogP contribution in [-0.4, -0.2) is 11.0 Å². The summed E-state index contributed by atoms with van der Waals surface area (Å²) in [4.78, 5) is 0. The standard InChI is InChI=1S/C10H11NS2/c1-12-10-11-9(7-13-10)8-5-3-2-4-6-8/h2-7,10-11H,1H3.